The van der Waals surface area contributed by atoms with E-state index in [1.54, 1.807) is 24.3 Å². The number of rotatable bonds is 9. The average molecular weight is 393 g/mol. The molecule has 0 aliphatic rings. The first-order chi connectivity index (χ1) is 13.7. The molecule has 0 aliphatic carbocycles. The van der Waals surface area contributed by atoms with E-state index in [9.17, 15) is 9.90 Å². The fraction of sp³-hybridized carbons (Fsp3) is 0.100. The van der Waals surface area contributed by atoms with Gasteiger partial charge in [0, 0.05) is 11.1 Å². The lowest BCUT2D eigenvalue weighted by atomic mass is 10.1. The number of benzene rings is 2. The molecule has 142 valence electrons. The summed E-state index contributed by atoms with van der Waals surface area (Å²) in [5.74, 6) is 0.765. The predicted octanol–water partition coefficient (Wildman–Crippen LogP) is 3.66. The van der Waals surface area contributed by atoms with Crippen molar-refractivity contribution in [1.82, 2.24) is 15.2 Å². The molecule has 3 rings (SSSR count). The summed E-state index contributed by atoms with van der Waals surface area (Å²) >= 11 is 1.24. The maximum Gasteiger partial charge on any atom is 0.240 e. The number of aromatic amines is 1. The fourth-order valence-electron chi connectivity index (χ4n) is 2.40. The van der Waals surface area contributed by atoms with Gasteiger partial charge < -0.3 is 5.11 Å². The van der Waals surface area contributed by atoms with Crippen LogP contribution >= 0.6 is 11.8 Å². The van der Waals surface area contributed by atoms with Crippen molar-refractivity contribution in [3.8, 4) is 5.75 Å². The molecule has 8 heteroatoms. The molecule has 0 aliphatic heterocycles. The Kier molecular flexibility index (Phi) is 6.59. The largest absolute Gasteiger partial charge is 0.507 e. The van der Waals surface area contributed by atoms with Gasteiger partial charge in [-0.1, -0.05) is 60.3 Å². The van der Waals surface area contributed by atoms with Crippen molar-refractivity contribution in [2.75, 3.05) is 11.2 Å². The summed E-state index contributed by atoms with van der Waals surface area (Å²) < 4.78 is 0. The molecule has 7 nitrogen and oxygen atoms in total. The number of carbonyl (C=O) groups is 1. The highest BCUT2D eigenvalue weighted by molar-refractivity contribution is 7.99. The molecule has 0 unspecified atom stereocenters. The number of allylic oxidation sites excluding steroid dienone is 1. The lowest BCUT2D eigenvalue weighted by Crippen LogP contribution is -2.02. The van der Waals surface area contributed by atoms with Gasteiger partial charge >= 0.3 is 0 Å². The molecule has 2 aromatic carbocycles. The predicted molar refractivity (Wildman–Crippen MR) is 111 cm³/mol. The fourth-order valence-corrected chi connectivity index (χ4v) is 3.09. The smallest absolute Gasteiger partial charge is 0.240 e. The number of nitrogens with one attached hydrogen (secondary N) is 2. The first-order valence-corrected chi connectivity index (χ1v) is 9.50. The van der Waals surface area contributed by atoms with Crippen LogP contribution < -0.4 is 5.43 Å². The summed E-state index contributed by atoms with van der Waals surface area (Å²) in [6, 6.07) is 14.5. The molecular formula is C20H19N5O2S. The Bertz CT molecular complexity index is 985. The zero-order valence-corrected chi connectivity index (χ0v) is 15.8. The molecule has 0 saturated heterocycles. The topological polar surface area (TPSA) is 103 Å². The van der Waals surface area contributed by atoms with E-state index >= 15 is 0 Å². The molecule has 0 saturated carbocycles. The normalized spacial score (nSPS) is 10.9. The Morgan fingerprint density at radius 3 is 2.86 bits per heavy atom. The quantitative estimate of drug-likeness (QED) is 0.169. The second kappa shape index (κ2) is 9.52. The summed E-state index contributed by atoms with van der Waals surface area (Å²) in [6.07, 6.45) is 3.80. The molecule has 3 N–H and O–H groups in total. The number of Topliss-reactive ketones (excluding diaryl/α,β-unsaturated/α-hetero) is 1. The minimum Gasteiger partial charge on any atom is -0.507 e. The maximum atomic E-state index is 12.1. The number of hydrazone groups is 1. The maximum absolute atomic E-state index is 12.1. The number of thioether (sulfide) groups is 1. The van der Waals surface area contributed by atoms with E-state index < -0.39 is 0 Å². The van der Waals surface area contributed by atoms with Crippen molar-refractivity contribution in [2.45, 2.75) is 11.6 Å². The Morgan fingerprint density at radius 1 is 1.25 bits per heavy atom. The SMILES string of the molecule is C=CCc1cccc(/C=N/Nc2nc(SCC(=O)c3ccccc3)n[nH]2)c1O. The van der Waals surface area contributed by atoms with Crippen molar-refractivity contribution in [3.63, 3.8) is 0 Å². The number of carbonyl (C=O) groups excluding carboxylic acids is 1. The Hall–Kier alpha value is -3.39. The van der Waals surface area contributed by atoms with Crippen molar-refractivity contribution >= 4 is 29.7 Å². The van der Waals surface area contributed by atoms with Crippen LogP contribution in [-0.2, 0) is 6.42 Å². The van der Waals surface area contributed by atoms with Crippen molar-refractivity contribution in [1.29, 1.82) is 0 Å². The van der Waals surface area contributed by atoms with Crippen LogP contribution in [0.15, 0.2) is 71.4 Å². The number of aromatic nitrogens is 3. The van der Waals surface area contributed by atoms with Gasteiger partial charge in [0.15, 0.2) is 5.78 Å². The van der Waals surface area contributed by atoms with Crippen molar-refractivity contribution < 1.29 is 9.90 Å². The lowest BCUT2D eigenvalue weighted by Gasteiger charge is -2.04. The van der Waals surface area contributed by atoms with Crippen LogP contribution in [0, 0.1) is 0 Å². The molecule has 3 aromatic rings. The molecule has 1 heterocycles. The number of hydrogen-bond donors (Lipinski definition) is 3. The molecule has 1 aromatic heterocycles. The Morgan fingerprint density at radius 2 is 2.07 bits per heavy atom. The number of phenolic OH excluding ortho intramolecular Hbond substituents is 1. The van der Waals surface area contributed by atoms with Gasteiger partial charge in [0.1, 0.15) is 5.75 Å². The van der Waals surface area contributed by atoms with Crippen LogP contribution in [-0.4, -0.2) is 38.0 Å². The van der Waals surface area contributed by atoms with Gasteiger partial charge in [-0.25, -0.2) is 10.5 Å². The van der Waals surface area contributed by atoms with Crippen LogP contribution in [0.1, 0.15) is 21.5 Å². The number of hydrogen-bond acceptors (Lipinski definition) is 7. The summed E-state index contributed by atoms with van der Waals surface area (Å²) in [5.41, 5.74) is 4.74. The third-order valence-electron chi connectivity index (χ3n) is 3.78. The van der Waals surface area contributed by atoms with E-state index in [-0.39, 0.29) is 17.3 Å². The van der Waals surface area contributed by atoms with Gasteiger partial charge in [-0.3, -0.25) is 4.79 Å². The van der Waals surface area contributed by atoms with Gasteiger partial charge in [-0.05, 0) is 18.1 Å². The van der Waals surface area contributed by atoms with E-state index in [4.69, 9.17) is 0 Å². The number of anilines is 1. The third-order valence-corrected chi connectivity index (χ3v) is 4.63. The van der Waals surface area contributed by atoms with Crippen LogP contribution in [0.5, 0.6) is 5.75 Å². The molecule has 0 spiro atoms. The second-order valence-corrected chi connectivity index (χ2v) is 6.70. The summed E-state index contributed by atoms with van der Waals surface area (Å²) in [4.78, 5) is 16.3. The third kappa shape index (κ3) is 5.08. The second-order valence-electron chi connectivity index (χ2n) is 5.76. The number of nitrogens with zero attached hydrogens (tertiary/aromatic N) is 3. The summed E-state index contributed by atoms with van der Waals surface area (Å²) in [6.45, 7) is 3.67. The number of para-hydroxylation sites is 1. The monoisotopic (exact) mass is 393 g/mol. The standard InChI is InChI=1S/C20H19N5O2S/c1-2-7-15-10-6-11-16(18(15)27)12-21-23-19-22-20(25-24-19)28-13-17(26)14-8-4-3-5-9-14/h2-6,8-12,27H,1,7,13H2,(H2,22,23,24,25)/b21-12+. The summed E-state index contributed by atoms with van der Waals surface area (Å²) in [7, 11) is 0. The van der Waals surface area contributed by atoms with E-state index in [0.29, 0.717) is 28.7 Å². The van der Waals surface area contributed by atoms with Crippen LogP contribution in [0.4, 0.5) is 5.95 Å². The van der Waals surface area contributed by atoms with E-state index in [2.05, 4.69) is 32.3 Å². The van der Waals surface area contributed by atoms with Crippen molar-refractivity contribution in [2.24, 2.45) is 5.10 Å². The molecule has 0 amide bonds. The minimum absolute atomic E-state index is 0.0119. The minimum atomic E-state index is 0.0119. The molecular weight excluding hydrogens is 374 g/mol. The van der Waals surface area contributed by atoms with Gasteiger partial charge in [-0.15, -0.1) is 11.7 Å². The van der Waals surface area contributed by atoms with E-state index in [1.807, 2.05) is 30.3 Å². The number of aromatic hydroxyl groups is 1. The molecule has 0 atom stereocenters. The first kappa shape index (κ1) is 19.4. The Balaban J connectivity index is 1.55. The van der Waals surface area contributed by atoms with Gasteiger partial charge in [-0.2, -0.15) is 10.1 Å². The number of phenols is 1. The van der Waals surface area contributed by atoms with E-state index in [0.717, 1.165) is 5.56 Å². The highest BCUT2D eigenvalue weighted by atomic mass is 32.2. The molecule has 0 radical (unpaired) electrons. The molecule has 0 fully saturated rings. The average Bonchev–Trinajstić information content (AvgIpc) is 3.17. The van der Waals surface area contributed by atoms with Gasteiger partial charge in [0.05, 0.1) is 12.0 Å². The summed E-state index contributed by atoms with van der Waals surface area (Å²) in [5, 5.41) is 21.5. The highest BCUT2D eigenvalue weighted by Crippen LogP contribution is 2.22. The first-order valence-electron chi connectivity index (χ1n) is 8.51. The van der Waals surface area contributed by atoms with Gasteiger partial charge in [0.2, 0.25) is 11.1 Å². The van der Waals surface area contributed by atoms with E-state index in [1.165, 1.54) is 18.0 Å². The van der Waals surface area contributed by atoms with Crippen LogP contribution in [0.2, 0.25) is 0 Å². The number of H-pyrrole nitrogens is 1. The van der Waals surface area contributed by atoms with Crippen LogP contribution in [0.25, 0.3) is 0 Å². The van der Waals surface area contributed by atoms with Gasteiger partial charge in [0.25, 0.3) is 0 Å². The zero-order chi connectivity index (χ0) is 19.8. The lowest BCUT2D eigenvalue weighted by molar-refractivity contribution is 0.102. The van der Waals surface area contributed by atoms with Crippen molar-refractivity contribution in [3.05, 3.63) is 77.9 Å². The highest BCUT2D eigenvalue weighted by Gasteiger charge is 2.09. The van der Waals surface area contributed by atoms with Crippen LogP contribution in [0.3, 0.4) is 0 Å². The Labute approximate surface area is 166 Å². The molecule has 0 bridgehead atoms. The molecule has 28 heavy (non-hydrogen) atoms. The number of ketones is 1. The zero-order valence-electron chi connectivity index (χ0n) is 15.0.